The number of likely N-dealkylation sites (tertiary alicyclic amines) is 1. The summed E-state index contributed by atoms with van der Waals surface area (Å²) in [4.78, 5) is 29.0. The molecule has 0 spiro atoms. The molecule has 8 nitrogen and oxygen atoms in total. The number of hydrogen-bond donors (Lipinski definition) is 1. The van der Waals surface area contributed by atoms with Crippen LogP contribution in [-0.2, 0) is 4.74 Å². The largest absolute Gasteiger partial charge is 0.465 e. The summed E-state index contributed by atoms with van der Waals surface area (Å²) in [6.45, 7) is 3.98. The lowest BCUT2D eigenvalue weighted by Gasteiger charge is -2.36. The first-order valence-corrected chi connectivity index (χ1v) is 9.28. The molecule has 0 aliphatic carbocycles. The van der Waals surface area contributed by atoms with Crippen LogP contribution in [0.1, 0.15) is 41.7 Å². The Hall–Kier alpha value is -3.00. The molecular weight excluding hydrogens is 360 g/mol. The van der Waals surface area contributed by atoms with Crippen molar-refractivity contribution in [3.63, 3.8) is 0 Å². The van der Waals surface area contributed by atoms with Crippen molar-refractivity contribution in [3.8, 4) is 0 Å². The summed E-state index contributed by atoms with van der Waals surface area (Å²) < 4.78 is 4.60. The van der Waals surface area contributed by atoms with Gasteiger partial charge in [-0.2, -0.15) is 0 Å². The number of nitro groups is 1. The molecule has 1 N–H and O–H groups in total. The van der Waals surface area contributed by atoms with E-state index in [0.717, 1.165) is 25.9 Å². The van der Waals surface area contributed by atoms with E-state index in [-0.39, 0.29) is 23.1 Å². The first-order chi connectivity index (χ1) is 13.5. The minimum Gasteiger partial charge on any atom is -0.465 e. The van der Waals surface area contributed by atoms with Crippen LogP contribution in [0.2, 0.25) is 0 Å². The van der Waals surface area contributed by atoms with Crippen LogP contribution in [0.3, 0.4) is 0 Å². The monoisotopic (exact) mass is 384 g/mol. The zero-order valence-electron chi connectivity index (χ0n) is 16.0. The van der Waals surface area contributed by atoms with Gasteiger partial charge in [-0.1, -0.05) is 30.3 Å². The maximum absolute atomic E-state index is 11.6. The first-order valence-electron chi connectivity index (χ1n) is 9.28. The first kappa shape index (κ1) is 19.8. The van der Waals surface area contributed by atoms with Crippen LogP contribution in [0.5, 0.6) is 0 Å². The molecule has 0 amide bonds. The SMILES string of the molecule is COC(=O)c1cnc(NC2CCN(C(C)c3ccccc3)CC2)c([N+](=O)[O-])c1. The van der Waals surface area contributed by atoms with Gasteiger partial charge in [-0.3, -0.25) is 15.0 Å². The molecule has 2 heterocycles. The van der Waals surface area contributed by atoms with Gasteiger partial charge in [0.1, 0.15) is 0 Å². The van der Waals surface area contributed by atoms with Crippen LogP contribution >= 0.6 is 0 Å². The van der Waals surface area contributed by atoms with E-state index in [1.54, 1.807) is 0 Å². The second kappa shape index (κ2) is 8.79. The molecule has 3 rings (SSSR count). The molecule has 0 radical (unpaired) electrons. The van der Waals surface area contributed by atoms with Gasteiger partial charge >= 0.3 is 11.7 Å². The lowest BCUT2D eigenvalue weighted by Crippen LogP contribution is -2.40. The fourth-order valence-corrected chi connectivity index (χ4v) is 3.50. The summed E-state index contributed by atoms with van der Waals surface area (Å²) in [7, 11) is 1.23. The average Bonchev–Trinajstić information content (AvgIpc) is 2.74. The molecular formula is C20H24N4O4. The van der Waals surface area contributed by atoms with E-state index in [1.165, 1.54) is 24.9 Å². The number of benzene rings is 1. The molecule has 1 aromatic carbocycles. The Morgan fingerprint density at radius 1 is 1.32 bits per heavy atom. The molecule has 1 atom stereocenters. The van der Waals surface area contributed by atoms with E-state index in [0.29, 0.717) is 6.04 Å². The van der Waals surface area contributed by atoms with Crippen LogP contribution in [0.4, 0.5) is 11.5 Å². The number of aromatic nitrogens is 1. The molecule has 28 heavy (non-hydrogen) atoms. The molecule has 1 fully saturated rings. The summed E-state index contributed by atoms with van der Waals surface area (Å²) in [5, 5.41) is 14.6. The zero-order valence-corrected chi connectivity index (χ0v) is 16.0. The second-order valence-electron chi connectivity index (χ2n) is 6.88. The van der Waals surface area contributed by atoms with Crippen LogP contribution in [0.15, 0.2) is 42.6 Å². The van der Waals surface area contributed by atoms with Crippen LogP contribution in [0, 0.1) is 10.1 Å². The topological polar surface area (TPSA) is 97.6 Å². The fraction of sp³-hybridized carbons (Fsp3) is 0.400. The Labute approximate surface area is 163 Å². The van der Waals surface area contributed by atoms with Gasteiger partial charge in [0.25, 0.3) is 0 Å². The number of carbonyl (C=O) groups excluding carboxylic acids is 1. The predicted octanol–water partition coefficient (Wildman–Crippen LogP) is 3.41. The average molecular weight is 384 g/mol. The molecule has 148 valence electrons. The molecule has 1 aromatic heterocycles. The van der Waals surface area contributed by atoms with Gasteiger partial charge < -0.3 is 10.1 Å². The van der Waals surface area contributed by atoms with Crippen LogP contribution in [-0.4, -0.2) is 47.0 Å². The van der Waals surface area contributed by atoms with Crippen LogP contribution < -0.4 is 5.32 Å². The molecule has 1 aliphatic heterocycles. The number of ether oxygens (including phenoxy) is 1. The minimum atomic E-state index is -0.648. The van der Waals surface area contributed by atoms with Crippen molar-refractivity contribution in [3.05, 3.63) is 63.8 Å². The maximum atomic E-state index is 11.6. The smallest absolute Gasteiger partial charge is 0.339 e. The lowest BCUT2D eigenvalue weighted by atomic mass is 10.00. The second-order valence-corrected chi connectivity index (χ2v) is 6.88. The Morgan fingerprint density at radius 2 is 2.00 bits per heavy atom. The molecule has 0 saturated carbocycles. The minimum absolute atomic E-state index is 0.0613. The van der Waals surface area contributed by atoms with Gasteiger partial charge in [0.2, 0.25) is 5.82 Å². The number of anilines is 1. The van der Waals surface area contributed by atoms with Gasteiger partial charge in [-0.15, -0.1) is 0 Å². The molecule has 8 heteroatoms. The van der Waals surface area contributed by atoms with Gasteiger partial charge in [-0.25, -0.2) is 9.78 Å². The highest BCUT2D eigenvalue weighted by Crippen LogP contribution is 2.28. The van der Waals surface area contributed by atoms with Crippen molar-refractivity contribution in [2.24, 2.45) is 0 Å². The number of carbonyl (C=O) groups is 1. The highest BCUT2D eigenvalue weighted by atomic mass is 16.6. The van der Waals surface area contributed by atoms with Crippen molar-refractivity contribution in [2.45, 2.75) is 31.8 Å². The molecule has 0 bridgehead atoms. The summed E-state index contributed by atoms with van der Waals surface area (Å²) in [6, 6.07) is 12.0. The number of piperidine rings is 1. The Balaban J connectivity index is 1.64. The summed E-state index contributed by atoms with van der Waals surface area (Å²) in [5.74, 6) is -0.461. The van der Waals surface area contributed by atoms with Gasteiger partial charge in [0, 0.05) is 37.4 Å². The van der Waals surface area contributed by atoms with Crippen molar-refractivity contribution >= 4 is 17.5 Å². The number of nitrogens with zero attached hydrogens (tertiary/aromatic N) is 3. The normalized spacial score (nSPS) is 16.4. The number of pyridine rings is 1. The third kappa shape index (κ3) is 4.45. The number of esters is 1. The summed E-state index contributed by atoms with van der Waals surface area (Å²) in [5.41, 5.74) is 1.12. The lowest BCUT2D eigenvalue weighted by molar-refractivity contribution is -0.384. The van der Waals surface area contributed by atoms with Crippen molar-refractivity contribution in [1.82, 2.24) is 9.88 Å². The van der Waals surface area contributed by atoms with Crippen molar-refractivity contribution in [2.75, 3.05) is 25.5 Å². The highest BCUT2D eigenvalue weighted by Gasteiger charge is 2.26. The molecule has 1 aliphatic rings. The summed E-state index contributed by atoms with van der Waals surface area (Å²) in [6.07, 6.45) is 3.01. The Morgan fingerprint density at radius 3 is 2.61 bits per heavy atom. The highest BCUT2D eigenvalue weighted by molar-refractivity contribution is 5.90. The number of hydrogen-bond acceptors (Lipinski definition) is 7. The third-order valence-corrected chi connectivity index (χ3v) is 5.19. The van der Waals surface area contributed by atoms with Crippen molar-refractivity contribution in [1.29, 1.82) is 0 Å². The van der Waals surface area contributed by atoms with Gasteiger partial charge in [-0.05, 0) is 25.3 Å². The standard InChI is InChI=1S/C20H24N4O4/c1-14(15-6-4-3-5-7-15)23-10-8-17(9-11-23)22-19-18(24(26)27)12-16(13-21-19)20(25)28-2/h3-7,12-14,17H,8-11H2,1-2H3,(H,21,22). The number of rotatable bonds is 6. The third-order valence-electron chi connectivity index (χ3n) is 5.19. The van der Waals surface area contributed by atoms with E-state index in [2.05, 4.69) is 39.0 Å². The van der Waals surface area contributed by atoms with Gasteiger partial charge in [0.15, 0.2) is 0 Å². The summed E-state index contributed by atoms with van der Waals surface area (Å²) >= 11 is 0. The Bertz CT molecular complexity index is 835. The molecule has 1 unspecified atom stereocenters. The molecule has 2 aromatic rings. The van der Waals surface area contributed by atoms with E-state index in [1.807, 2.05) is 18.2 Å². The number of methoxy groups -OCH3 is 1. The van der Waals surface area contributed by atoms with E-state index in [4.69, 9.17) is 0 Å². The molecule has 1 saturated heterocycles. The number of nitrogens with one attached hydrogen (secondary N) is 1. The zero-order chi connectivity index (χ0) is 20.1. The Kier molecular flexibility index (Phi) is 6.20. The fourth-order valence-electron chi connectivity index (χ4n) is 3.50. The maximum Gasteiger partial charge on any atom is 0.339 e. The van der Waals surface area contributed by atoms with Crippen molar-refractivity contribution < 1.29 is 14.5 Å². The van der Waals surface area contributed by atoms with E-state index in [9.17, 15) is 14.9 Å². The van der Waals surface area contributed by atoms with Gasteiger partial charge in [0.05, 0.1) is 17.6 Å². The van der Waals surface area contributed by atoms with E-state index >= 15 is 0 Å². The predicted molar refractivity (Wildman–Crippen MR) is 105 cm³/mol. The van der Waals surface area contributed by atoms with E-state index < -0.39 is 10.9 Å². The quantitative estimate of drug-likeness (QED) is 0.463. The van der Waals surface area contributed by atoms with Crippen LogP contribution in [0.25, 0.3) is 0 Å².